The fourth-order valence-electron chi connectivity index (χ4n) is 3.13. The quantitative estimate of drug-likeness (QED) is 0.788. The number of anilines is 1. The summed E-state index contributed by atoms with van der Waals surface area (Å²) in [4.78, 5) is 2.43. The lowest BCUT2D eigenvalue weighted by Crippen LogP contribution is -2.34. The SMILES string of the molecule is CC1CCN(c2nnc(SCc3ccnn3C)n2C2CC2)CC1. The third kappa shape index (κ3) is 3.11. The summed E-state index contributed by atoms with van der Waals surface area (Å²) in [5.41, 5.74) is 1.22. The fourth-order valence-corrected chi connectivity index (χ4v) is 4.15. The van der Waals surface area contributed by atoms with Gasteiger partial charge in [-0.05, 0) is 37.7 Å². The van der Waals surface area contributed by atoms with E-state index in [9.17, 15) is 0 Å². The first-order valence-corrected chi connectivity index (χ1v) is 9.50. The van der Waals surface area contributed by atoms with Crippen molar-refractivity contribution in [3.05, 3.63) is 18.0 Å². The molecule has 1 saturated carbocycles. The highest BCUT2D eigenvalue weighted by molar-refractivity contribution is 7.98. The van der Waals surface area contributed by atoms with Crippen LogP contribution in [0, 0.1) is 5.92 Å². The molecule has 0 bridgehead atoms. The van der Waals surface area contributed by atoms with Crippen molar-refractivity contribution in [2.75, 3.05) is 18.0 Å². The molecule has 6 nitrogen and oxygen atoms in total. The maximum absolute atomic E-state index is 4.54. The summed E-state index contributed by atoms with van der Waals surface area (Å²) in [5.74, 6) is 2.81. The molecule has 0 N–H and O–H groups in total. The summed E-state index contributed by atoms with van der Waals surface area (Å²) in [6, 6.07) is 2.67. The van der Waals surface area contributed by atoms with Gasteiger partial charge in [-0.15, -0.1) is 10.2 Å². The van der Waals surface area contributed by atoms with Crippen LogP contribution in [0.4, 0.5) is 5.95 Å². The number of thioether (sulfide) groups is 1. The molecular weight excluding hydrogens is 308 g/mol. The van der Waals surface area contributed by atoms with Gasteiger partial charge in [-0.25, -0.2) is 0 Å². The van der Waals surface area contributed by atoms with E-state index in [0.29, 0.717) is 6.04 Å². The maximum atomic E-state index is 4.54. The molecule has 2 aromatic rings. The van der Waals surface area contributed by atoms with Gasteiger partial charge in [-0.3, -0.25) is 9.25 Å². The first kappa shape index (κ1) is 15.1. The van der Waals surface area contributed by atoms with E-state index >= 15 is 0 Å². The van der Waals surface area contributed by atoms with Gasteiger partial charge in [-0.2, -0.15) is 5.10 Å². The Morgan fingerprint density at radius 1 is 1.17 bits per heavy atom. The van der Waals surface area contributed by atoms with Gasteiger partial charge < -0.3 is 4.90 Å². The number of nitrogens with zero attached hydrogens (tertiary/aromatic N) is 6. The minimum absolute atomic E-state index is 0.605. The first-order chi connectivity index (χ1) is 11.2. The predicted octanol–water partition coefficient (Wildman–Crippen LogP) is 2.88. The lowest BCUT2D eigenvalue weighted by atomic mass is 10.00. The number of hydrogen-bond donors (Lipinski definition) is 0. The van der Waals surface area contributed by atoms with E-state index in [4.69, 9.17) is 0 Å². The van der Waals surface area contributed by atoms with Gasteiger partial charge in [0.2, 0.25) is 5.95 Å². The molecule has 2 aliphatic rings. The molecule has 2 fully saturated rings. The molecule has 3 heterocycles. The monoisotopic (exact) mass is 332 g/mol. The lowest BCUT2D eigenvalue weighted by molar-refractivity contribution is 0.429. The zero-order chi connectivity index (χ0) is 15.8. The molecule has 0 spiro atoms. The Labute approximate surface area is 141 Å². The number of aryl methyl sites for hydroxylation is 1. The second-order valence-corrected chi connectivity index (χ2v) is 7.73. The largest absolute Gasteiger partial charge is 0.341 e. The molecule has 2 aromatic heterocycles. The number of aromatic nitrogens is 5. The fraction of sp³-hybridized carbons (Fsp3) is 0.688. The van der Waals surface area contributed by atoms with Crippen LogP contribution in [0.3, 0.4) is 0 Å². The van der Waals surface area contributed by atoms with E-state index in [1.165, 1.54) is 31.4 Å². The van der Waals surface area contributed by atoms with Crippen molar-refractivity contribution < 1.29 is 0 Å². The van der Waals surface area contributed by atoms with Gasteiger partial charge in [0.15, 0.2) is 5.16 Å². The van der Waals surface area contributed by atoms with E-state index in [1.807, 2.05) is 17.9 Å². The molecule has 4 rings (SSSR count). The summed E-state index contributed by atoms with van der Waals surface area (Å²) in [6.45, 7) is 4.56. The number of piperidine rings is 1. The summed E-state index contributed by atoms with van der Waals surface area (Å²) >= 11 is 1.77. The van der Waals surface area contributed by atoms with Crippen LogP contribution >= 0.6 is 11.8 Å². The molecule has 0 unspecified atom stereocenters. The normalized spacial score (nSPS) is 19.5. The van der Waals surface area contributed by atoms with E-state index in [0.717, 1.165) is 35.9 Å². The smallest absolute Gasteiger partial charge is 0.228 e. The van der Waals surface area contributed by atoms with Gasteiger partial charge in [0.05, 0.1) is 0 Å². The molecular formula is C16H24N6S. The van der Waals surface area contributed by atoms with Crippen molar-refractivity contribution in [1.29, 1.82) is 0 Å². The molecule has 0 aromatic carbocycles. The highest BCUT2D eigenvalue weighted by Crippen LogP contribution is 2.41. The number of rotatable bonds is 5. The van der Waals surface area contributed by atoms with Crippen molar-refractivity contribution in [2.45, 2.75) is 49.6 Å². The van der Waals surface area contributed by atoms with Crippen LogP contribution in [0.15, 0.2) is 17.4 Å². The molecule has 124 valence electrons. The molecule has 1 saturated heterocycles. The molecule has 7 heteroatoms. The van der Waals surface area contributed by atoms with E-state index in [-0.39, 0.29) is 0 Å². The van der Waals surface area contributed by atoms with Gasteiger partial charge in [0.25, 0.3) is 0 Å². The Bertz CT molecular complexity index is 666. The van der Waals surface area contributed by atoms with Crippen LogP contribution in [-0.2, 0) is 12.8 Å². The van der Waals surface area contributed by atoms with Crippen LogP contribution in [0.25, 0.3) is 0 Å². The summed E-state index contributed by atoms with van der Waals surface area (Å²) in [7, 11) is 1.99. The second kappa shape index (κ2) is 6.19. The second-order valence-electron chi connectivity index (χ2n) is 6.79. The van der Waals surface area contributed by atoms with Gasteiger partial charge >= 0.3 is 0 Å². The van der Waals surface area contributed by atoms with Crippen LogP contribution in [0.5, 0.6) is 0 Å². The summed E-state index contributed by atoms with van der Waals surface area (Å²) in [5, 5.41) is 14.3. The summed E-state index contributed by atoms with van der Waals surface area (Å²) < 4.78 is 4.31. The highest BCUT2D eigenvalue weighted by atomic mass is 32.2. The number of hydrogen-bond acceptors (Lipinski definition) is 5. The predicted molar refractivity (Wildman–Crippen MR) is 91.7 cm³/mol. The van der Waals surface area contributed by atoms with Gasteiger partial charge in [0.1, 0.15) is 0 Å². The van der Waals surface area contributed by atoms with Crippen molar-refractivity contribution in [2.24, 2.45) is 13.0 Å². The summed E-state index contributed by atoms with van der Waals surface area (Å²) in [6.07, 6.45) is 6.88. The van der Waals surface area contributed by atoms with Gasteiger partial charge in [0, 0.05) is 43.8 Å². The zero-order valence-electron chi connectivity index (χ0n) is 13.9. The molecule has 1 aliphatic heterocycles. The minimum Gasteiger partial charge on any atom is -0.341 e. The van der Waals surface area contributed by atoms with Crippen molar-refractivity contribution in [1.82, 2.24) is 24.5 Å². The molecule has 0 radical (unpaired) electrons. The Morgan fingerprint density at radius 2 is 1.96 bits per heavy atom. The Morgan fingerprint density at radius 3 is 2.61 bits per heavy atom. The van der Waals surface area contributed by atoms with E-state index < -0.39 is 0 Å². The Hall–Kier alpha value is -1.50. The van der Waals surface area contributed by atoms with E-state index in [1.54, 1.807) is 11.8 Å². The standard InChI is InChI=1S/C16H24N6S/c1-12-6-9-21(10-7-12)15-18-19-16(22(15)13-3-4-13)23-11-14-5-8-17-20(14)2/h5,8,12-13H,3-4,6-7,9-11H2,1-2H3. The average Bonchev–Trinajstić information content (AvgIpc) is 3.18. The lowest BCUT2D eigenvalue weighted by Gasteiger charge is -2.31. The van der Waals surface area contributed by atoms with Crippen LogP contribution in [-0.4, -0.2) is 37.6 Å². The third-order valence-electron chi connectivity index (χ3n) is 4.90. The van der Waals surface area contributed by atoms with Crippen molar-refractivity contribution in [3.8, 4) is 0 Å². The van der Waals surface area contributed by atoms with Gasteiger partial charge in [-0.1, -0.05) is 18.7 Å². The highest BCUT2D eigenvalue weighted by Gasteiger charge is 2.32. The van der Waals surface area contributed by atoms with Crippen molar-refractivity contribution in [3.63, 3.8) is 0 Å². The topological polar surface area (TPSA) is 51.8 Å². The first-order valence-electron chi connectivity index (χ1n) is 8.52. The minimum atomic E-state index is 0.605. The van der Waals surface area contributed by atoms with Crippen LogP contribution in [0.1, 0.15) is 44.3 Å². The molecule has 0 amide bonds. The van der Waals surface area contributed by atoms with Crippen molar-refractivity contribution >= 4 is 17.7 Å². The van der Waals surface area contributed by atoms with E-state index in [2.05, 4.69) is 37.8 Å². The Balaban J connectivity index is 1.52. The average molecular weight is 332 g/mol. The Kier molecular flexibility index (Phi) is 4.05. The molecule has 23 heavy (non-hydrogen) atoms. The maximum Gasteiger partial charge on any atom is 0.228 e. The molecule has 1 aliphatic carbocycles. The van der Waals surface area contributed by atoms with Crippen LogP contribution < -0.4 is 4.90 Å². The van der Waals surface area contributed by atoms with Crippen LogP contribution in [0.2, 0.25) is 0 Å². The zero-order valence-corrected chi connectivity index (χ0v) is 14.7. The molecule has 0 atom stereocenters. The third-order valence-corrected chi connectivity index (χ3v) is 5.87.